The Balaban J connectivity index is 1.37. The Kier molecular flexibility index (Phi) is 5.99. The van der Waals surface area contributed by atoms with E-state index in [0.717, 1.165) is 39.7 Å². The molecule has 1 aliphatic heterocycles. The fourth-order valence-corrected chi connectivity index (χ4v) is 4.26. The van der Waals surface area contributed by atoms with E-state index in [0.29, 0.717) is 11.7 Å². The van der Waals surface area contributed by atoms with Gasteiger partial charge >= 0.3 is 0 Å². The fourth-order valence-electron chi connectivity index (χ4n) is 3.52. The molecule has 1 aromatic heterocycles. The highest BCUT2D eigenvalue weighted by atomic mass is 32.2. The molecule has 0 radical (unpaired) electrons. The van der Waals surface area contributed by atoms with Crippen LogP contribution < -0.4 is 14.8 Å². The first-order valence-corrected chi connectivity index (χ1v) is 11.5. The first-order chi connectivity index (χ1) is 16.2. The topological polar surface area (TPSA) is 78.3 Å². The summed E-state index contributed by atoms with van der Waals surface area (Å²) in [5.41, 5.74) is 3.91. The van der Waals surface area contributed by atoms with Gasteiger partial charge in [-0.15, -0.1) is 10.2 Å². The highest BCUT2D eigenvalue weighted by molar-refractivity contribution is 7.99. The Morgan fingerprint density at radius 1 is 1.00 bits per heavy atom. The number of thioether (sulfide) groups is 1. The number of fused-ring (bicyclic) bond motifs is 1. The molecule has 1 N–H and O–H groups in total. The number of rotatable bonds is 7. The predicted octanol–water partition coefficient (Wildman–Crippen LogP) is 4.76. The van der Waals surface area contributed by atoms with E-state index in [-0.39, 0.29) is 18.5 Å². The molecular formula is C25H22N4O3S. The van der Waals surface area contributed by atoms with Crippen LogP contribution in [-0.4, -0.2) is 33.2 Å². The van der Waals surface area contributed by atoms with E-state index in [9.17, 15) is 4.79 Å². The number of aromatic nitrogens is 3. The molecule has 5 rings (SSSR count). The number of ether oxygens (including phenoxy) is 2. The third kappa shape index (κ3) is 4.85. The number of carbonyl (C=O) groups is 1. The van der Waals surface area contributed by atoms with Crippen molar-refractivity contribution in [2.45, 2.75) is 18.6 Å². The second-order valence-electron chi connectivity index (χ2n) is 7.65. The Morgan fingerprint density at radius 2 is 1.79 bits per heavy atom. The lowest BCUT2D eigenvalue weighted by molar-refractivity contribution is -0.113. The Bertz CT molecular complexity index is 1270. The summed E-state index contributed by atoms with van der Waals surface area (Å²) in [6.45, 7) is 2.78. The lowest BCUT2D eigenvalue weighted by Crippen LogP contribution is -2.14. The van der Waals surface area contributed by atoms with Gasteiger partial charge in [0.25, 0.3) is 0 Å². The van der Waals surface area contributed by atoms with E-state index in [1.807, 2.05) is 84.3 Å². The molecule has 0 aliphatic carbocycles. The summed E-state index contributed by atoms with van der Waals surface area (Å²) in [5.74, 6) is 2.35. The van der Waals surface area contributed by atoms with Crippen LogP contribution in [0.2, 0.25) is 0 Å². The van der Waals surface area contributed by atoms with E-state index < -0.39 is 0 Å². The van der Waals surface area contributed by atoms with Crippen molar-refractivity contribution in [1.82, 2.24) is 14.8 Å². The van der Waals surface area contributed by atoms with Crippen molar-refractivity contribution in [1.29, 1.82) is 0 Å². The molecule has 7 nitrogen and oxygen atoms in total. The minimum absolute atomic E-state index is 0.0947. The Morgan fingerprint density at radius 3 is 2.61 bits per heavy atom. The number of carbonyl (C=O) groups excluding carboxylic acids is 1. The lowest BCUT2D eigenvalue weighted by Gasteiger charge is -2.11. The molecule has 1 aliphatic rings. The average Bonchev–Trinajstić information content (AvgIpc) is 3.46. The van der Waals surface area contributed by atoms with E-state index >= 15 is 0 Å². The highest BCUT2D eigenvalue weighted by Crippen LogP contribution is 2.33. The third-order valence-electron chi connectivity index (χ3n) is 5.19. The van der Waals surface area contributed by atoms with Gasteiger partial charge in [-0.25, -0.2) is 0 Å². The summed E-state index contributed by atoms with van der Waals surface area (Å²) in [6, 6.07) is 23.5. The van der Waals surface area contributed by atoms with Crippen LogP contribution in [-0.2, 0) is 11.3 Å². The van der Waals surface area contributed by atoms with Gasteiger partial charge in [-0.2, -0.15) is 0 Å². The number of aryl methyl sites for hydroxylation is 1. The minimum atomic E-state index is -0.0947. The van der Waals surface area contributed by atoms with E-state index in [4.69, 9.17) is 9.47 Å². The zero-order chi connectivity index (χ0) is 22.6. The minimum Gasteiger partial charge on any atom is -0.454 e. The summed E-state index contributed by atoms with van der Waals surface area (Å²) < 4.78 is 13.0. The Labute approximate surface area is 195 Å². The predicted molar refractivity (Wildman–Crippen MR) is 128 cm³/mol. The third-order valence-corrected chi connectivity index (χ3v) is 6.16. The standard InChI is InChI=1S/C25H22N4O3S/c1-17-7-10-20(11-8-17)26-23(30)15-33-25-28-27-24(19-5-3-2-4-6-19)29(25)14-18-9-12-21-22(13-18)32-16-31-21/h2-13H,14-16H2,1H3,(H,26,30). The number of benzene rings is 3. The normalized spacial score (nSPS) is 12.0. The molecule has 0 saturated carbocycles. The van der Waals surface area contributed by atoms with Gasteiger partial charge in [0.2, 0.25) is 12.7 Å². The first-order valence-electron chi connectivity index (χ1n) is 10.5. The maximum absolute atomic E-state index is 12.5. The van der Waals surface area contributed by atoms with Crippen molar-refractivity contribution in [2.24, 2.45) is 0 Å². The second-order valence-corrected chi connectivity index (χ2v) is 8.59. The van der Waals surface area contributed by atoms with E-state index in [1.165, 1.54) is 11.8 Å². The average molecular weight is 459 g/mol. The highest BCUT2D eigenvalue weighted by Gasteiger charge is 2.18. The van der Waals surface area contributed by atoms with Crippen molar-refractivity contribution in [3.8, 4) is 22.9 Å². The summed E-state index contributed by atoms with van der Waals surface area (Å²) in [6.07, 6.45) is 0. The van der Waals surface area contributed by atoms with Crippen molar-refractivity contribution in [3.05, 3.63) is 83.9 Å². The molecule has 0 bridgehead atoms. The zero-order valence-electron chi connectivity index (χ0n) is 18.0. The molecule has 3 aromatic carbocycles. The van der Waals surface area contributed by atoms with Crippen molar-refractivity contribution in [3.63, 3.8) is 0 Å². The van der Waals surface area contributed by atoms with Crippen LogP contribution in [0.15, 0.2) is 78.0 Å². The van der Waals surface area contributed by atoms with Crippen LogP contribution in [0.4, 0.5) is 5.69 Å². The summed E-state index contributed by atoms with van der Waals surface area (Å²) in [5, 5.41) is 12.4. The van der Waals surface area contributed by atoms with Crippen LogP contribution in [0.1, 0.15) is 11.1 Å². The molecule has 0 unspecified atom stereocenters. The van der Waals surface area contributed by atoms with Gasteiger partial charge in [0.05, 0.1) is 12.3 Å². The molecule has 0 spiro atoms. The molecule has 33 heavy (non-hydrogen) atoms. The summed E-state index contributed by atoms with van der Waals surface area (Å²) >= 11 is 1.36. The maximum atomic E-state index is 12.5. The molecule has 0 fully saturated rings. The fraction of sp³-hybridized carbons (Fsp3) is 0.160. The van der Waals surface area contributed by atoms with E-state index in [1.54, 1.807) is 0 Å². The van der Waals surface area contributed by atoms with Crippen molar-refractivity contribution < 1.29 is 14.3 Å². The van der Waals surface area contributed by atoms with Gasteiger partial charge in [-0.1, -0.05) is 65.9 Å². The van der Waals surface area contributed by atoms with Crippen LogP contribution in [0.3, 0.4) is 0 Å². The number of amides is 1. The SMILES string of the molecule is Cc1ccc(NC(=O)CSc2nnc(-c3ccccc3)n2Cc2ccc3c(c2)OCO3)cc1. The van der Waals surface area contributed by atoms with Crippen LogP contribution in [0.5, 0.6) is 11.5 Å². The monoisotopic (exact) mass is 458 g/mol. The molecule has 2 heterocycles. The molecule has 166 valence electrons. The van der Waals surface area contributed by atoms with Crippen molar-refractivity contribution in [2.75, 3.05) is 17.9 Å². The molecule has 1 amide bonds. The van der Waals surface area contributed by atoms with Crippen LogP contribution in [0.25, 0.3) is 11.4 Å². The maximum Gasteiger partial charge on any atom is 0.234 e. The molecular weight excluding hydrogens is 436 g/mol. The molecule has 4 aromatic rings. The van der Waals surface area contributed by atoms with Gasteiger partial charge in [-0.3, -0.25) is 9.36 Å². The number of nitrogens with one attached hydrogen (secondary N) is 1. The molecule has 0 atom stereocenters. The number of anilines is 1. The first kappa shape index (κ1) is 21.1. The van der Waals surface area contributed by atoms with Gasteiger partial charge in [-0.05, 0) is 36.8 Å². The smallest absolute Gasteiger partial charge is 0.234 e. The molecule has 0 saturated heterocycles. The largest absolute Gasteiger partial charge is 0.454 e. The summed E-state index contributed by atoms with van der Waals surface area (Å²) in [7, 11) is 0. The zero-order valence-corrected chi connectivity index (χ0v) is 18.8. The van der Waals surface area contributed by atoms with Crippen molar-refractivity contribution >= 4 is 23.4 Å². The van der Waals surface area contributed by atoms with Gasteiger partial charge in [0, 0.05) is 11.3 Å². The van der Waals surface area contributed by atoms with Crippen LogP contribution >= 0.6 is 11.8 Å². The van der Waals surface area contributed by atoms with Gasteiger partial charge in [0.1, 0.15) is 0 Å². The Hall–Kier alpha value is -3.78. The van der Waals surface area contributed by atoms with Gasteiger partial charge in [0.15, 0.2) is 22.5 Å². The quantitative estimate of drug-likeness (QED) is 0.402. The van der Waals surface area contributed by atoms with Gasteiger partial charge < -0.3 is 14.8 Å². The number of hydrogen-bond donors (Lipinski definition) is 1. The van der Waals surface area contributed by atoms with E-state index in [2.05, 4.69) is 15.5 Å². The summed E-state index contributed by atoms with van der Waals surface area (Å²) in [4.78, 5) is 12.5. The lowest BCUT2D eigenvalue weighted by atomic mass is 10.2. The molecule has 8 heteroatoms. The number of nitrogens with zero attached hydrogens (tertiary/aromatic N) is 3. The second kappa shape index (κ2) is 9.38. The van der Waals surface area contributed by atoms with Crippen LogP contribution in [0, 0.1) is 6.92 Å². The number of hydrogen-bond acceptors (Lipinski definition) is 6.